The van der Waals surface area contributed by atoms with E-state index < -0.39 is 0 Å². The second-order valence-electron chi connectivity index (χ2n) is 6.20. The molecule has 7 nitrogen and oxygen atoms in total. The van der Waals surface area contributed by atoms with E-state index in [1.807, 2.05) is 31.2 Å². The number of non-ortho nitro benzene ring substituents is 1. The molecule has 1 aromatic heterocycles. The van der Waals surface area contributed by atoms with Gasteiger partial charge in [0.05, 0.1) is 4.92 Å². The topological polar surface area (TPSA) is 97.6 Å². The zero-order valence-electron chi connectivity index (χ0n) is 14.3. The van der Waals surface area contributed by atoms with Crippen LogP contribution in [0.1, 0.15) is 29.4 Å². The van der Waals surface area contributed by atoms with Crippen molar-refractivity contribution in [1.29, 1.82) is 0 Å². The molecule has 1 aliphatic carbocycles. The van der Waals surface area contributed by atoms with Crippen molar-refractivity contribution in [3.8, 4) is 0 Å². The van der Waals surface area contributed by atoms with Gasteiger partial charge in [0.2, 0.25) is 0 Å². The Balaban J connectivity index is 1.86. The molecule has 8 heteroatoms. The number of allylic oxidation sites excluding steroid dienone is 3. The molecule has 0 spiro atoms. The van der Waals surface area contributed by atoms with Crippen LogP contribution in [0.3, 0.4) is 0 Å². The van der Waals surface area contributed by atoms with Crippen LogP contribution in [-0.4, -0.2) is 25.5 Å². The Morgan fingerprint density at radius 1 is 1.19 bits per heavy atom. The minimum absolute atomic E-state index is 0.0555. The van der Waals surface area contributed by atoms with E-state index in [1.54, 1.807) is 12.1 Å². The van der Waals surface area contributed by atoms with E-state index in [0.717, 1.165) is 33.4 Å². The lowest BCUT2D eigenvalue weighted by molar-refractivity contribution is -0.384. The van der Waals surface area contributed by atoms with Crippen LogP contribution in [0.25, 0.3) is 17.2 Å². The van der Waals surface area contributed by atoms with E-state index in [4.69, 9.17) is 11.6 Å². The highest BCUT2D eigenvalue weighted by Gasteiger charge is 2.26. The van der Waals surface area contributed by atoms with Gasteiger partial charge < -0.3 is 0 Å². The van der Waals surface area contributed by atoms with Crippen molar-refractivity contribution >= 4 is 34.5 Å². The molecule has 0 radical (unpaired) electrons. The van der Waals surface area contributed by atoms with E-state index in [1.165, 1.54) is 6.07 Å². The fraction of sp³-hybridized carbons (Fsp3) is 0.105. The number of aromatic nitrogens is 4. The molecule has 0 fully saturated rings. The van der Waals surface area contributed by atoms with Crippen molar-refractivity contribution in [2.24, 2.45) is 0 Å². The summed E-state index contributed by atoms with van der Waals surface area (Å²) in [4.78, 5) is 10.8. The van der Waals surface area contributed by atoms with Crippen molar-refractivity contribution in [2.75, 3.05) is 0 Å². The van der Waals surface area contributed by atoms with Crippen LogP contribution in [-0.2, 0) is 6.42 Å². The van der Waals surface area contributed by atoms with Gasteiger partial charge in [0.25, 0.3) is 5.69 Å². The molecule has 3 aromatic rings. The zero-order valence-corrected chi connectivity index (χ0v) is 15.1. The Morgan fingerprint density at radius 2 is 1.96 bits per heavy atom. The number of rotatable bonds is 4. The van der Waals surface area contributed by atoms with Crippen molar-refractivity contribution in [1.82, 2.24) is 20.6 Å². The highest BCUT2D eigenvalue weighted by molar-refractivity contribution is 6.30. The van der Waals surface area contributed by atoms with Crippen LogP contribution >= 0.6 is 11.6 Å². The average molecular weight is 380 g/mol. The highest BCUT2D eigenvalue weighted by Crippen LogP contribution is 2.44. The molecule has 0 saturated heterocycles. The molecule has 0 saturated carbocycles. The molecule has 4 rings (SSSR count). The zero-order chi connectivity index (χ0) is 19.0. The van der Waals surface area contributed by atoms with Gasteiger partial charge in [0.15, 0.2) is 5.82 Å². The van der Waals surface area contributed by atoms with Gasteiger partial charge in [-0.05, 0) is 64.6 Å². The van der Waals surface area contributed by atoms with Crippen LogP contribution < -0.4 is 0 Å². The number of H-pyrrole nitrogens is 1. The Bertz CT molecular complexity index is 1090. The third kappa shape index (κ3) is 3.24. The maximum absolute atomic E-state index is 11.2. The molecule has 0 aliphatic heterocycles. The fourth-order valence-electron chi connectivity index (χ4n) is 3.25. The predicted molar refractivity (Wildman–Crippen MR) is 103 cm³/mol. The number of benzene rings is 2. The molecule has 2 aromatic carbocycles. The third-order valence-corrected chi connectivity index (χ3v) is 4.84. The lowest BCUT2D eigenvalue weighted by Gasteiger charge is -2.04. The molecule has 0 bridgehead atoms. The number of nitrogens with one attached hydrogen (secondary N) is 1. The molecular weight excluding hydrogens is 366 g/mol. The van der Waals surface area contributed by atoms with Crippen LogP contribution in [0.2, 0.25) is 5.02 Å². The van der Waals surface area contributed by atoms with E-state index in [2.05, 4.69) is 26.7 Å². The van der Waals surface area contributed by atoms with Crippen LogP contribution in [0.5, 0.6) is 0 Å². The SMILES string of the molecule is CC1=C(Cc2nn[nH]n2)c2cc([N+](=O)[O-])ccc2C1=Cc1ccc(Cl)cc1. The molecule has 1 N–H and O–H groups in total. The first-order valence-electron chi connectivity index (χ1n) is 8.22. The van der Waals surface area contributed by atoms with Crippen molar-refractivity contribution < 1.29 is 4.92 Å². The average Bonchev–Trinajstić information content (AvgIpc) is 3.26. The van der Waals surface area contributed by atoms with Gasteiger partial charge in [-0.25, -0.2) is 0 Å². The Hall–Kier alpha value is -3.32. The van der Waals surface area contributed by atoms with Gasteiger partial charge in [-0.2, -0.15) is 5.21 Å². The first kappa shape index (κ1) is 17.1. The summed E-state index contributed by atoms with van der Waals surface area (Å²) < 4.78 is 0. The molecule has 0 amide bonds. The van der Waals surface area contributed by atoms with E-state index in [0.29, 0.717) is 17.3 Å². The first-order chi connectivity index (χ1) is 13.0. The van der Waals surface area contributed by atoms with Gasteiger partial charge in [-0.1, -0.05) is 28.9 Å². The number of halogens is 1. The molecule has 1 heterocycles. The number of hydrogen-bond donors (Lipinski definition) is 1. The van der Waals surface area contributed by atoms with Crippen LogP contribution in [0.15, 0.2) is 48.0 Å². The van der Waals surface area contributed by atoms with Crippen LogP contribution in [0, 0.1) is 10.1 Å². The van der Waals surface area contributed by atoms with Gasteiger partial charge in [0, 0.05) is 23.6 Å². The number of nitro benzene ring substituents is 1. The van der Waals surface area contributed by atoms with Gasteiger partial charge >= 0.3 is 0 Å². The molecule has 134 valence electrons. The summed E-state index contributed by atoms with van der Waals surface area (Å²) in [7, 11) is 0. The summed E-state index contributed by atoms with van der Waals surface area (Å²) in [5, 5.41) is 26.0. The monoisotopic (exact) mass is 379 g/mol. The number of tetrazole rings is 1. The van der Waals surface area contributed by atoms with Crippen molar-refractivity contribution in [3.05, 3.63) is 85.7 Å². The Kier molecular flexibility index (Phi) is 4.29. The molecule has 27 heavy (non-hydrogen) atoms. The number of nitrogens with zero attached hydrogens (tertiary/aromatic N) is 4. The Morgan fingerprint density at radius 3 is 2.63 bits per heavy atom. The maximum atomic E-state index is 11.2. The minimum Gasteiger partial charge on any atom is -0.258 e. The van der Waals surface area contributed by atoms with Gasteiger partial charge in [0.1, 0.15) is 0 Å². The fourth-order valence-corrected chi connectivity index (χ4v) is 3.38. The summed E-state index contributed by atoms with van der Waals surface area (Å²) >= 11 is 5.97. The van der Waals surface area contributed by atoms with E-state index >= 15 is 0 Å². The normalized spacial score (nSPS) is 14.7. The Labute approximate surface area is 159 Å². The van der Waals surface area contributed by atoms with E-state index in [-0.39, 0.29) is 10.6 Å². The van der Waals surface area contributed by atoms with E-state index in [9.17, 15) is 10.1 Å². The summed E-state index contributed by atoms with van der Waals surface area (Å²) in [5.74, 6) is 0.537. The standard InChI is InChI=1S/C19H14ClN5O2/c1-11-16(8-12-2-4-13(20)5-3-12)15-7-6-14(25(26)27)9-18(15)17(11)10-19-21-23-24-22-19/h2-9H,10H2,1H3,(H,21,22,23,24). The lowest BCUT2D eigenvalue weighted by Crippen LogP contribution is -1.95. The summed E-state index contributed by atoms with van der Waals surface area (Å²) in [6.45, 7) is 2.00. The smallest absolute Gasteiger partial charge is 0.258 e. The predicted octanol–water partition coefficient (Wildman–Crippen LogP) is 4.33. The van der Waals surface area contributed by atoms with Gasteiger partial charge in [-0.3, -0.25) is 10.1 Å². The molecule has 0 unspecified atom stereocenters. The summed E-state index contributed by atoms with van der Waals surface area (Å²) in [6.07, 6.45) is 2.49. The second-order valence-corrected chi connectivity index (χ2v) is 6.64. The largest absolute Gasteiger partial charge is 0.270 e. The van der Waals surface area contributed by atoms with Crippen molar-refractivity contribution in [3.63, 3.8) is 0 Å². The lowest BCUT2D eigenvalue weighted by atomic mass is 10.00. The highest BCUT2D eigenvalue weighted by atomic mass is 35.5. The minimum atomic E-state index is -0.386. The number of nitro groups is 1. The quantitative estimate of drug-likeness (QED) is 0.537. The first-order valence-corrected chi connectivity index (χ1v) is 8.59. The molecule has 1 aliphatic rings. The number of aromatic amines is 1. The number of hydrogen-bond acceptors (Lipinski definition) is 5. The van der Waals surface area contributed by atoms with Crippen LogP contribution in [0.4, 0.5) is 5.69 Å². The van der Waals surface area contributed by atoms with Crippen molar-refractivity contribution in [2.45, 2.75) is 13.3 Å². The second kappa shape index (κ2) is 6.77. The number of fused-ring (bicyclic) bond motifs is 1. The van der Waals surface area contributed by atoms with Gasteiger partial charge in [-0.15, -0.1) is 10.2 Å². The molecular formula is C19H14ClN5O2. The third-order valence-electron chi connectivity index (χ3n) is 4.59. The molecule has 0 atom stereocenters. The summed E-state index contributed by atoms with van der Waals surface area (Å²) in [6, 6.07) is 12.5. The maximum Gasteiger partial charge on any atom is 0.270 e. The summed E-state index contributed by atoms with van der Waals surface area (Å²) in [5.41, 5.74) is 5.83.